The minimum absolute atomic E-state index is 0.102. The Kier molecular flexibility index (Phi) is 2.69. The molecule has 0 aliphatic rings. The molecule has 0 aliphatic heterocycles. The summed E-state index contributed by atoms with van der Waals surface area (Å²) in [6.07, 6.45) is 3.34. The minimum Gasteiger partial charge on any atom is -0.390 e. The van der Waals surface area contributed by atoms with Crippen LogP contribution in [-0.4, -0.2) is 20.1 Å². The number of aliphatic hydroxyl groups excluding tert-OH is 1. The summed E-state index contributed by atoms with van der Waals surface area (Å²) in [5.41, 5.74) is 2.27. The van der Waals surface area contributed by atoms with Crippen molar-refractivity contribution in [1.29, 1.82) is 0 Å². The van der Waals surface area contributed by atoms with Gasteiger partial charge in [-0.25, -0.2) is 9.97 Å². The maximum absolute atomic E-state index is 9.19. The van der Waals surface area contributed by atoms with Gasteiger partial charge in [0.25, 0.3) is 0 Å². The van der Waals surface area contributed by atoms with Crippen LogP contribution in [0.4, 0.5) is 0 Å². The first-order valence-corrected chi connectivity index (χ1v) is 4.66. The Morgan fingerprint density at radius 1 is 1.20 bits per heavy atom. The summed E-state index contributed by atoms with van der Waals surface area (Å²) in [4.78, 5) is 12.5. The van der Waals surface area contributed by atoms with E-state index in [9.17, 15) is 5.11 Å². The standard InChI is InChI=1S/C11H11N3O/c1-8-3-4-9(10(7-15)14-8)11-12-5-2-6-13-11/h2-6,15H,7H2,1H3. The molecule has 0 fully saturated rings. The van der Waals surface area contributed by atoms with Gasteiger partial charge in [0.15, 0.2) is 5.82 Å². The van der Waals surface area contributed by atoms with E-state index in [0.29, 0.717) is 11.5 Å². The summed E-state index contributed by atoms with van der Waals surface area (Å²) in [5.74, 6) is 0.592. The maximum Gasteiger partial charge on any atom is 0.161 e. The van der Waals surface area contributed by atoms with Crippen LogP contribution in [0, 0.1) is 6.92 Å². The number of rotatable bonds is 2. The molecule has 2 heterocycles. The number of hydrogen-bond acceptors (Lipinski definition) is 4. The fraction of sp³-hybridized carbons (Fsp3) is 0.182. The van der Waals surface area contributed by atoms with E-state index in [1.807, 2.05) is 19.1 Å². The van der Waals surface area contributed by atoms with E-state index >= 15 is 0 Å². The van der Waals surface area contributed by atoms with Gasteiger partial charge in [0, 0.05) is 23.7 Å². The van der Waals surface area contributed by atoms with E-state index in [0.717, 1.165) is 11.3 Å². The quantitative estimate of drug-likeness (QED) is 0.796. The number of nitrogens with zero attached hydrogens (tertiary/aromatic N) is 3. The van der Waals surface area contributed by atoms with Gasteiger partial charge >= 0.3 is 0 Å². The van der Waals surface area contributed by atoms with Crippen LogP contribution < -0.4 is 0 Å². The highest BCUT2D eigenvalue weighted by Gasteiger charge is 2.07. The number of hydrogen-bond donors (Lipinski definition) is 1. The van der Waals surface area contributed by atoms with E-state index < -0.39 is 0 Å². The van der Waals surface area contributed by atoms with Gasteiger partial charge in [-0.05, 0) is 25.1 Å². The fourth-order valence-electron chi connectivity index (χ4n) is 1.37. The summed E-state index contributed by atoms with van der Waals surface area (Å²) in [5, 5.41) is 9.19. The van der Waals surface area contributed by atoms with Crippen molar-refractivity contribution in [2.45, 2.75) is 13.5 Å². The second-order valence-electron chi connectivity index (χ2n) is 3.18. The second kappa shape index (κ2) is 4.14. The molecule has 76 valence electrons. The smallest absolute Gasteiger partial charge is 0.161 e. The highest BCUT2D eigenvalue weighted by atomic mass is 16.3. The van der Waals surface area contributed by atoms with E-state index in [2.05, 4.69) is 15.0 Å². The van der Waals surface area contributed by atoms with Crippen molar-refractivity contribution in [1.82, 2.24) is 15.0 Å². The highest BCUT2D eigenvalue weighted by molar-refractivity contribution is 5.57. The topological polar surface area (TPSA) is 58.9 Å². The molecule has 0 unspecified atom stereocenters. The van der Waals surface area contributed by atoms with Gasteiger partial charge in [0.2, 0.25) is 0 Å². The molecule has 4 heteroatoms. The van der Waals surface area contributed by atoms with Crippen molar-refractivity contribution in [3.05, 3.63) is 42.0 Å². The summed E-state index contributed by atoms with van der Waals surface area (Å²) < 4.78 is 0. The highest BCUT2D eigenvalue weighted by Crippen LogP contribution is 2.18. The molecule has 2 aromatic heterocycles. The van der Waals surface area contributed by atoms with Crippen molar-refractivity contribution in [2.75, 3.05) is 0 Å². The Balaban J connectivity index is 2.53. The van der Waals surface area contributed by atoms with Gasteiger partial charge in [-0.1, -0.05) is 0 Å². The Morgan fingerprint density at radius 2 is 1.93 bits per heavy atom. The molecule has 0 aromatic carbocycles. The van der Waals surface area contributed by atoms with Crippen LogP contribution in [0.25, 0.3) is 11.4 Å². The van der Waals surface area contributed by atoms with Crippen molar-refractivity contribution in [3.8, 4) is 11.4 Å². The maximum atomic E-state index is 9.19. The lowest BCUT2D eigenvalue weighted by molar-refractivity contribution is 0.277. The molecule has 0 spiro atoms. The van der Waals surface area contributed by atoms with Crippen LogP contribution in [0.3, 0.4) is 0 Å². The van der Waals surface area contributed by atoms with Crippen LogP contribution in [0.2, 0.25) is 0 Å². The molecule has 0 radical (unpaired) electrons. The lowest BCUT2D eigenvalue weighted by atomic mass is 10.1. The number of pyridine rings is 1. The molecule has 0 atom stereocenters. The Hall–Kier alpha value is -1.81. The SMILES string of the molecule is Cc1ccc(-c2ncccn2)c(CO)n1. The van der Waals surface area contributed by atoms with Crippen LogP contribution >= 0.6 is 0 Å². The summed E-state index contributed by atoms with van der Waals surface area (Å²) in [6, 6.07) is 5.51. The van der Waals surface area contributed by atoms with Gasteiger partial charge in [0.05, 0.1) is 12.3 Å². The van der Waals surface area contributed by atoms with Crippen molar-refractivity contribution < 1.29 is 5.11 Å². The third kappa shape index (κ3) is 1.99. The van der Waals surface area contributed by atoms with Gasteiger partial charge < -0.3 is 5.11 Å². The van der Waals surface area contributed by atoms with Crippen LogP contribution in [-0.2, 0) is 6.61 Å². The Morgan fingerprint density at radius 3 is 2.60 bits per heavy atom. The van der Waals surface area contributed by atoms with Crippen LogP contribution in [0.5, 0.6) is 0 Å². The zero-order valence-electron chi connectivity index (χ0n) is 8.38. The third-order valence-corrected chi connectivity index (χ3v) is 2.07. The predicted molar refractivity (Wildman–Crippen MR) is 55.9 cm³/mol. The van der Waals surface area contributed by atoms with Gasteiger partial charge in [-0.3, -0.25) is 4.98 Å². The molecule has 0 saturated heterocycles. The molecule has 15 heavy (non-hydrogen) atoms. The summed E-state index contributed by atoms with van der Waals surface area (Å²) >= 11 is 0. The first-order chi connectivity index (χ1) is 7.31. The van der Waals surface area contributed by atoms with Crippen LogP contribution in [0.1, 0.15) is 11.4 Å². The zero-order chi connectivity index (χ0) is 10.7. The minimum atomic E-state index is -0.102. The Labute approximate surface area is 87.7 Å². The first kappa shape index (κ1) is 9.73. The average Bonchev–Trinajstić information content (AvgIpc) is 2.30. The molecule has 2 rings (SSSR count). The lowest BCUT2D eigenvalue weighted by Crippen LogP contribution is -1.98. The van der Waals surface area contributed by atoms with E-state index in [1.54, 1.807) is 18.5 Å². The number of aromatic nitrogens is 3. The van der Waals surface area contributed by atoms with Gasteiger partial charge in [-0.2, -0.15) is 0 Å². The van der Waals surface area contributed by atoms with E-state index in [1.165, 1.54) is 0 Å². The van der Waals surface area contributed by atoms with Crippen molar-refractivity contribution in [2.24, 2.45) is 0 Å². The number of aliphatic hydroxyl groups is 1. The second-order valence-corrected chi connectivity index (χ2v) is 3.18. The zero-order valence-corrected chi connectivity index (χ0v) is 8.38. The molecule has 0 saturated carbocycles. The molecule has 4 nitrogen and oxygen atoms in total. The first-order valence-electron chi connectivity index (χ1n) is 4.66. The largest absolute Gasteiger partial charge is 0.390 e. The molecular weight excluding hydrogens is 190 g/mol. The normalized spacial score (nSPS) is 10.3. The predicted octanol–water partition coefficient (Wildman–Crippen LogP) is 1.34. The summed E-state index contributed by atoms with van der Waals surface area (Å²) in [7, 11) is 0. The van der Waals surface area contributed by atoms with Crippen molar-refractivity contribution in [3.63, 3.8) is 0 Å². The Bertz CT molecular complexity index is 457. The fourth-order valence-corrected chi connectivity index (χ4v) is 1.37. The lowest BCUT2D eigenvalue weighted by Gasteiger charge is -2.05. The monoisotopic (exact) mass is 201 g/mol. The van der Waals surface area contributed by atoms with Gasteiger partial charge in [0.1, 0.15) is 0 Å². The van der Waals surface area contributed by atoms with Crippen LogP contribution in [0.15, 0.2) is 30.6 Å². The third-order valence-electron chi connectivity index (χ3n) is 2.07. The van der Waals surface area contributed by atoms with E-state index in [-0.39, 0.29) is 6.61 Å². The average molecular weight is 201 g/mol. The van der Waals surface area contributed by atoms with Gasteiger partial charge in [-0.15, -0.1) is 0 Å². The molecule has 0 amide bonds. The molecule has 0 bridgehead atoms. The molecule has 0 aliphatic carbocycles. The number of aryl methyl sites for hydroxylation is 1. The molecule has 1 N–H and O–H groups in total. The van der Waals surface area contributed by atoms with E-state index in [4.69, 9.17) is 0 Å². The summed E-state index contributed by atoms with van der Waals surface area (Å²) in [6.45, 7) is 1.78. The van der Waals surface area contributed by atoms with Crippen molar-refractivity contribution >= 4 is 0 Å². The molecular formula is C11H11N3O. The molecule has 2 aromatic rings.